The molecule has 0 fully saturated rings. The molecular formula is C16H13ClN4. The van der Waals surface area contributed by atoms with Crippen LogP contribution in [-0.2, 0) is 6.42 Å². The van der Waals surface area contributed by atoms with Crippen LogP contribution in [0.1, 0.15) is 11.3 Å². The minimum atomic E-state index is 0.459. The molecule has 4 nitrogen and oxygen atoms in total. The van der Waals surface area contributed by atoms with E-state index in [9.17, 15) is 0 Å². The van der Waals surface area contributed by atoms with Crippen LogP contribution in [0.2, 0.25) is 5.15 Å². The summed E-state index contributed by atoms with van der Waals surface area (Å²) in [6, 6.07) is 15.4. The van der Waals surface area contributed by atoms with E-state index in [-0.39, 0.29) is 0 Å². The highest BCUT2D eigenvalue weighted by atomic mass is 35.5. The van der Waals surface area contributed by atoms with E-state index in [4.69, 9.17) is 17.4 Å². The minimum Gasteiger partial charge on any atom is -0.323 e. The van der Waals surface area contributed by atoms with Crippen LogP contribution in [0.5, 0.6) is 0 Å². The van der Waals surface area contributed by atoms with Crippen molar-refractivity contribution in [3.63, 3.8) is 0 Å². The van der Waals surface area contributed by atoms with E-state index in [2.05, 4.69) is 15.1 Å². The van der Waals surface area contributed by atoms with Crippen molar-refractivity contribution in [3.8, 4) is 0 Å². The molecule has 0 aliphatic carbocycles. The van der Waals surface area contributed by atoms with Gasteiger partial charge in [-0.25, -0.2) is 4.98 Å². The number of nitrogens with two attached hydrogens (primary N) is 1. The highest BCUT2D eigenvalue weighted by Crippen LogP contribution is 2.22. The fraction of sp³-hybridized carbons (Fsp3) is 0.0625. The summed E-state index contributed by atoms with van der Waals surface area (Å²) in [5, 5.41) is 5.38. The van der Waals surface area contributed by atoms with Crippen molar-refractivity contribution < 1.29 is 0 Å². The van der Waals surface area contributed by atoms with Crippen molar-refractivity contribution in [2.24, 2.45) is 10.9 Å². The van der Waals surface area contributed by atoms with Gasteiger partial charge < -0.3 is 5.84 Å². The maximum absolute atomic E-state index is 6.10. The first-order valence-electron chi connectivity index (χ1n) is 6.50. The monoisotopic (exact) mass is 296 g/mol. The topological polar surface area (TPSA) is 64.2 Å². The number of halogens is 1. The van der Waals surface area contributed by atoms with Gasteiger partial charge in [-0.15, -0.1) is 0 Å². The molecule has 104 valence electrons. The van der Waals surface area contributed by atoms with Gasteiger partial charge in [0.05, 0.1) is 16.9 Å². The molecule has 0 aliphatic heterocycles. The van der Waals surface area contributed by atoms with Crippen LogP contribution in [0.25, 0.3) is 10.9 Å². The van der Waals surface area contributed by atoms with Crippen LogP contribution >= 0.6 is 11.6 Å². The van der Waals surface area contributed by atoms with Gasteiger partial charge in [-0.3, -0.25) is 4.98 Å². The predicted molar refractivity (Wildman–Crippen MR) is 85.4 cm³/mol. The summed E-state index contributed by atoms with van der Waals surface area (Å²) < 4.78 is 0. The number of benzene rings is 1. The Hall–Kier alpha value is -2.46. The molecule has 0 bridgehead atoms. The Labute approximate surface area is 127 Å². The number of rotatable bonds is 3. The van der Waals surface area contributed by atoms with Gasteiger partial charge in [0.2, 0.25) is 0 Å². The average Bonchev–Trinajstić information content (AvgIpc) is 2.53. The lowest BCUT2D eigenvalue weighted by atomic mass is 10.0. The van der Waals surface area contributed by atoms with Gasteiger partial charge in [0.1, 0.15) is 5.15 Å². The number of hydrogen-bond donors (Lipinski definition) is 1. The van der Waals surface area contributed by atoms with Crippen molar-refractivity contribution in [1.29, 1.82) is 0 Å². The summed E-state index contributed by atoms with van der Waals surface area (Å²) in [6.07, 6.45) is 2.27. The zero-order chi connectivity index (χ0) is 14.7. The molecular weight excluding hydrogens is 284 g/mol. The maximum atomic E-state index is 6.10. The zero-order valence-electron chi connectivity index (χ0n) is 11.2. The smallest absolute Gasteiger partial charge is 0.130 e. The van der Waals surface area contributed by atoms with Crippen LogP contribution in [0.4, 0.5) is 0 Å². The summed E-state index contributed by atoms with van der Waals surface area (Å²) in [6.45, 7) is 0. The van der Waals surface area contributed by atoms with Gasteiger partial charge >= 0.3 is 0 Å². The average molecular weight is 297 g/mol. The quantitative estimate of drug-likeness (QED) is 0.349. The molecule has 0 spiro atoms. The molecule has 3 aromatic rings. The molecule has 0 radical (unpaired) electrons. The third-order valence-corrected chi connectivity index (χ3v) is 3.44. The highest BCUT2D eigenvalue weighted by molar-refractivity contribution is 6.30. The van der Waals surface area contributed by atoms with Crippen LogP contribution in [0.15, 0.2) is 59.8 Å². The number of nitrogens with zero attached hydrogens (tertiary/aromatic N) is 3. The Morgan fingerprint density at radius 1 is 1.14 bits per heavy atom. The van der Waals surface area contributed by atoms with E-state index < -0.39 is 0 Å². The molecule has 1 aromatic carbocycles. The normalized spacial score (nSPS) is 11.8. The Bertz CT molecular complexity index is 800. The Balaban J connectivity index is 2.05. The van der Waals surface area contributed by atoms with Crippen LogP contribution in [0, 0.1) is 0 Å². The number of aromatic nitrogens is 2. The fourth-order valence-corrected chi connectivity index (χ4v) is 2.50. The van der Waals surface area contributed by atoms with Crippen molar-refractivity contribution >= 4 is 28.2 Å². The second-order valence-electron chi connectivity index (χ2n) is 4.59. The number of pyridine rings is 2. The Morgan fingerprint density at radius 3 is 2.71 bits per heavy atom. The van der Waals surface area contributed by atoms with Crippen LogP contribution < -0.4 is 5.84 Å². The standard InChI is InChI=1S/C16H13ClN4/c17-16-10-11(12-5-1-2-6-13(12)20-16)9-15(21-18)14-7-3-4-8-19-14/h1-8,10H,9,18H2/b21-15-. The third-order valence-electron chi connectivity index (χ3n) is 3.24. The summed E-state index contributed by atoms with van der Waals surface area (Å²) in [7, 11) is 0. The van der Waals surface area contributed by atoms with Crippen molar-refractivity contribution in [2.75, 3.05) is 0 Å². The lowest BCUT2D eigenvalue weighted by Crippen LogP contribution is -2.10. The molecule has 0 saturated carbocycles. The summed E-state index contributed by atoms with van der Waals surface area (Å²) in [5.41, 5.74) is 3.36. The van der Waals surface area contributed by atoms with Gasteiger partial charge in [-0.1, -0.05) is 35.9 Å². The first kappa shape index (κ1) is 13.5. The maximum Gasteiger partial charge on any atom is 0.130 e. The first-order valence-corrected chi connectivity index (χ1v) is 6.88. The number of hydrogen-bond acceptors (Lipinski definition) is 4. The molecule has 21 heavy (non-hydrogen) atoms. The molecule has 0 saturated heterocycles. The lowest BCUT2D eigenvalue weighted by Gasteiger charge is -2.08. The first-order chi connectivity index (χ1) is 10.3. The minimum absolute atomic E-state index is 0.459. The summed E-state index contributed by atoms with van der Waals surface area (Å²) >= 11 is 6.10. The Morgan fingerprint density at radius 2 is 1.95 bits per heavy atom. The van der Waals surface area contributed by atoms with Gasteiger partial charge in [0.25, 0.3) is 0 Å². The van der Waals surface area contributed by atoms with E-state index in [1.165, 1.54) is 0 Å². The van der Waals surface area contributed by atoms with Gasteiger partial charge in [0, 0.05) is 18.0 Å². The molecule has 2 N–H and O–H groups in total. The molecule has 2 aromatic heterocycles. The molecule has 0 aliphatic rings. The highest BCUT2D eigenvalue weighted by Gasteiger charge is 2.10. The van der Waals surface area contributed by atoms with Crippen molar-refractivity contribution in [1.82, 2.24) is 9.97 Å². The Kier molecular flexibility index (Phi) is 3.79. The van der Waals surface area contributed by atoms with Gasteiger partial charge in [0.15, 0.2) is 0 Å². The van der Waals surface area contributed by atoms with Crippen LogP contribution in [0.3, 0.4) is 0 Å². The second-order valence-corrected chi connectivity index (χ2v) is 4.98. The third kappa shape index (κ3) is 2.85. The SMILES string of the molecule is N/N=C(/Cc1cc(Cl)nc2ccccc12)c1ccccn1. The van der Waals surface area contributed by atoms with Crippen LogP contribution in [-0.4, -0.2) is 15.7 Å². The second kappa shape index (κ2) is 5.89. The lowest BCUT2D eigenvalue weighted by molar-refractivity contribution is 1.16. The molecule has 0 amide bonds. The van der Waals surface area contributed by atoms with Crippen molar-refractivity contribution in [3.05, 3.63) is 71.1 Å². The van der Waals surface area contributed by atoms with Gasteiger partial charge in [-0.2, -0.15) is 5.10 Å². The van der Waals surface area contributed by atoms with Gasteiger partial charge in [-0.05, 0) is 29.8 Å². The van der Waals surface area contributed by atoms with E-state index in [1.54, 1.807) is 6.20 Å². The van der Waals surface area contributed by atoms with E-state index in [1.807, 2.05) is 48.5 Å². The number of hydrazone groups is 1. The number of fused-ring (bicyclic) bond motifs is 1. The molecule has 5 heteroatoms. The fourth-order valence-electron chi connectivity index (χ4n) is 2.27. The number of para-hydroxylation sites is 1. The molecule has 3 rings (SSSR count). The molecule has 2 heterocycles. The van der Waals surface area contributed by atoms with E-state index in [0.717, 1.165) is 22.2 Å². The molecule has 0 atom stereocenters. The zero-order valence-corrected chi connectivity index (χ0v) is 12.0. The predicted octanol–water partition coefficient (Wildman–Crippen LogP) is 3.19. The van der Waals surface area contributed by atoms with Crippen molar-refractivity contribution in [2.45, 2.75) is 6.42 Å². The summed E-state index contributed by atoms with van der Waals surface area (Å²) in [4.78, 5) is 8.61. The largest absolute Gasteiger partial charge is 0.323 e. The van der Waals surface area contributed by atoms with E-state index >= 15 is 0 Å². The summed E-state index contributed by atoms with van der Waals surface area (Å²) in [5.74, 6) is 5.53. The van der Waals surface area contributed by atoms with E-state index in [0.29, 0.717) is 17.3 Å². The molecule has 0 unspecified atom stereocenters.